The van der Waals surface area contributed by atoms with Crippen molar-refractivity contribution >= 4 is 42.1 Å². The molecular weight excluding hydrogens is 477 g/mol. The fourth-order valence-electron chi connectivity index (χ4n) is 3.49. The quantitative estimate of drug-likeness (QED) is 0.259. The number of nitrogens with zero attached hydrogens (tertiary/aromatic N) is 3. The van der Waals surface area contributed by atoms with Crippen molar-refractivity contribution in [2.45, 2.75) is 27.5 Å². The number of benzene rings is 2. The molecule has 0 spiro atoms. The Kier molecular flexibility index (Phi) is 6.64. The Labute approximate surface area is 199 Å². The molecule has 4 aromatic rings. The highest BCUT2D eigenvalue weighted by Gasteiger charge is 2.19. The highest BCUT2D eigenvalue weighted by molar-refractivity contribution is 7.46. The number of methoxy groups -OCH3 is 1. The Balaban J connectivity index is 1.65. The summed E-state index contributed by atoms with van der Waals surface area (Å²) in [5.74, 6) is 0.783. The van der Waals surface area contributed by atoms with E-state index in [0.717, 1.165) is 21.4 Å². The van der Waals surface area contributed by atoms with E-state index >= 15 is 0 Å². The van der Waals surface area contributed by atoms with Crippen molar-refractivity contribution in [3.63, 3.8) is 0 Å². The Morgan fingerprint density at radius 1 is 1.06 bits per heavy atom. The summed E-state index contributed by atoms with van der Waals surface area (Å²) < 4.78 is 27.1. The average Bonchev–Trinajstić information content (AvgIpc) is 3.09. The number of hydrogen-bond acceptors (Lipinski definition) is 9. The first kappa shape index (κ1) is 24.4. The number of ether oxygens (including phenoxy) is 1. The largest absolute Gasteiger partial charge is 0.497 e. The summed E-state index contributed by atoms with van der Waals surface area (Å²) in [5, 5.41) is 6.37. The van der Waals surface area contributed by atoms with Gasteiger partial charge in [0.2, 0.25) is 5.95 Å². The van der Waals surface area contributed by atoms with Gasteiger partial charge in [-0.15, -0.1) is 0 Å². The minimum atomic E-state index is -4.78. The van der Waals surface area contributed by atoms with E-state index in [0.29, 0.717) is 34.3 Å². The molecule has 35 heavy (non-hydrogen) atoms. The molecule has 0 aliphatic rings. The molecular formula is C22H24N5O7P. The number of aryl methyl sites for hydroxylation is 3. The first-order valence-corrected chi connectivity index (χ1v) is 11.9. The van der Waals surface area contributed by atoms with E-state index in [1.54, 1.807) is 32.4 Å². The van der Waals surface area contributed by atoms with Crippen molar-refractivity contribution in [1.82, 2.24) is 14.5 Å². The van der Waals surface area contributed by atoms with Crippen molar-refractivity contribution < 1.29 is 28.0 Å². The number of oxazole rings is 1. The van der Waals surface area contributed by atoms with E-state index < -0.39 is 20.3 Å². The van der Waals surface area contributed by atoms with E-state index in [9.17, 15) is 9.36 Å². The predicted octanol–water partition coefficient (Wildman–Crippen LogP) is 3.87. The third-order valence-corrected chi connectivity index (χ3v) is 5.54. The minimum Gasteiger partial charge on any atom is -0.497 e. The maximum absolute atomic E-state index is 12.2. The van der Waals surface area contributed by atoms with Gasteiger partial charge >= 0.3 is 13.6 Å². The molecule has 184 valence electrons. The van der Waals surface area contributed by atoms with Gasteiger partial charge in [-0.2, -0.15) is 4.98 Å². The van der Waals surface area contributed by atoms with Crippen LogP contribution < -0.4 is 21.1 Å². The van der Waals surface area contributed by atoms with Gasteiger partial charge in [-0.05, 0) is 56.2 Å². The molecule has 12 nitrogen and oxygen atoms in total. The monoisotopic (exact) mass is 501 g/mol. The van der Waals surface area contributed by atoms with Gasteiger partial charge in [0, 0.05) is 29.2 Å². The molecule has 0 radical (unpaired) electrons. The fraction of sp³-hybridized carbons (Fsp3) is 0.227. The Hall–Kier alpha value is -3.70. The Morgan fingerprint density at radius 3 is 2.51 bits per heavy atom. The molecule has 4 N–H and O–H groups in total. The molecule has 0 atom stereocenters. The van der Waals surface area contributed by atoms with Crippen LogP contribution in [-0.2, 0) is 15.8 Å². The molecule has 0 fully saturated rings. The van der Waals surface area contributed by atoms with Gasteiger partial charge in [-0.1, -0.05) is 0 Å². The number of hydrogen-bond donors (Lipinski definition) is 4. The summed E-state index contributed by atoms with van der Waals surface area (Å²) >= 11 is 0. The number of aromatic nitrogens is 3. The molecule has 2 aromatic heterocycles. The third-order valence-electron chi connectivity index (χ3n) is 5.09. The van der Waals surface area contributed by atoms with Crippen LogP contribution in [0.15, 0.2) is 45.7 Å². The minimum absolute atomic E-state index is 0.282. The zero-order valence-corrected chi connectivity index (χ0v) is 20.3. The van der Waals surface area contributed by atoms with Crippen LogP contribution in [0.3, 0.4) is 0 Å². The highest BCUT2D eigenvalue weighted by atomic mass is 31.2. The van der Waals surface area contributed by atoms with E-state index in [-0.39, 0.29) is 5.58 Å². The van der Waals surface area contributed by atoms with Gasteiger partial charge in [0.1, 0.15) is 18.3 Å². The van der Waals surface area contributed by atoms with Crippen molar-refractivity contribution in [2.24, 2.45) is 0 Å². The summed E-state index contributed by atoms with van der Waals surface area (Å²) in [6.45, 7) is 4.87. The van der Waals surface area contributed by atoms with Crippen LogP contribution in [0.1, 0.15) is 16.7 Å². The molecule has 0 aliphatic heterocycles. The SMILES string of the molecule is COc1cc(C)cc(Nc2ncc(C)c(Nc3cc(C)c4oc(=O)n(COP(=O)(O)O)c4c3)n2)c1. The second-order valence-electron chi connectivity index (χ2n) is 7.90. The number of phosphoric acid groups is 1. The van der Waals surface area contributed by atoms with Crippen LogP contribution in [0.5, 0.6) is 5.75 Å². The summed E-state index contributed by atoms with van der Waals surface area (Å²) in [4.78, 5) is 39.1. The lowest BCUT2D eigenvalue weighted by atomic mass is 10.2. The second-order valence-corrected chi connectivity index (χ2v) is 9.14. The molecule has 0 saturated heterocycles. The number of fused-ring (bicyclic) bond motifs is 1. The molecule has 4 rings (SSSR count). The van der Waals surface area contributed by atoms with E-state index in [4.69, 9.17) is 18.9 Å². The number of anilines is 4. The summed E-state index contributed by atoms with van der Waals surface area (Å²) in [6.07, 6.45) is 1.66. The number of phosphoric ester groups is 1. The van der Waals surface area contributed by atoms with Crippen LogP contribution in [0.25, 0.3) is 11.1 Å². The highest BCUT2D eigenvalue weighted by Crippen LogP contribution is 2.36. The van der Waals surface area contributed by atoms with Gasteiger partial charge < -0.3 is 29.6 Å². The number of rotatable bonds is 8. The maximum atomic E-state index is 12.2. The molecule has 0 saturated carbocycles. The lowest BCUT2D eigenvalue weighted by molar-refractivity contribution is 0.151. The van der Waals surface area contributed by atoms with Crippen LogP contribution >= 0.6 is 7.82 Å². The van der Waals surface area contributed by atoms with Crippen LogP contribution in [0, 0.1) is 20.8 Å². The standard InChI is InChI=1S/C22H24N5O7P/c1-12-5-15(8-17(6-12)32-4)25-21-23-10-14(3)20(26-21)24-16-7-13(2)19-18(9-16)27(22(28)34-19)11-33-35(29,30)31/h5-10H,11H2,1-4H3,(H2,29,30,31)(H2,23,24,25,26). The molecule has 0 aliphatic carbocycles. The van der Waals surface area contributed by atoms with Gasteiger partial charge in [0.05, 0.1) is 12.6 Å². The summed E-state index contributed by atoms with van der Waals surface area (Å²) in [6, 6.07) is 9.05. The molecule has 0 amide bonds. The van der Waals surface area contributed by atoms with Crippen molar-refractivity contribution in [2.75, 3.05) is 17.7 Å². The Morgan fingerprint density at radius 2 is 1.80 bits per heavy atom. The lowest BCUT2D eigenvalue weighted by Crippen LogP contribution is -2.15. The maximum Gasteiger partial charge on any atom is 0.471 e. The van der Waals surface area contributed by atoms with Gasteiger partial charge in [-0.25, -0.2) is 18.9 Å². The zero-order valence-electron chi connectivity index (χ0n) is 19.4. The van der Waals surface area contributed by atoms with E-state index in [1.165, 1.54) is 0 Å². The smallest absolute Gasteiger partial charge is 0.471 e. The molecule has 13 heteroatoms. The van der Waals surface area contributed by atoms with Gasteiger partial charge in [0.25, 0.3) is 0 Å². The predicted molar refractivity (Wildman–Crippen MR) is 129 cm³/mol. The Bertz CT molecular complexity index is 1510. The van der Waals surface area contributed by atoms with Gasteiger partial charge in [-0.3, -0.25) is 4.52 Å². The van der Waals surface area contributed by atoms with Crippen molar-refractivity contribution in [3.05, 3.63) is 63.8 Å². The topological polar surface area (TPSA) is 161 Å². The van der Waals surface area contributed by atoms with Crippen LogP contribution in [-0.4, -0.2) is 31.4 Å². The van der Waals surface area contributed by atoms with E-state index in [2.05, 4.69) is 25.1 Å². The summed E-state index contributed by atoms with van der Waals surface area (Å²) in [5.41, 5.74) is 4.34. The third kappa shape index (κ3) is 5.69. The molecule has 2 aromatic carbocycles. The van der Waals surface area contributed by atoms with Gasteiger partial charge in [0.15, 0.2) is 5.58 Å². The normalized spacial score (nSPS) is 11.6. The summed E-state index contributed by atoms with van der Waals surface area (Å²) in [7, 11) is -3.18. The zero-order chi connectivity index (χ0) is 25.3. The first-order chi connectivity index (χ1) is 16.5. The van der Waals surface area contributed by atoms with Crippen LogP contribution in [0.4, 0.5) is 23.1 Å². The lowest BCUT2D eigenvalue weighted by Gasteiger charge is -2.13. The van der Waals surface area contributed by atoms with Crippen molar-refractivity contribution in [3.8, 4) is 5.75 Å². The number of nitrogens with one attached hydrogen (secondary N) is 2. The molecule has 0 bridgehead atoms. The van der Waals surface area contributed by atoms with E-state index in [1.807, 2.05) is 32.0 Å². The average molecular weight is 501 g/mol. The van der Waals surface area contributed by atoms with Crippen LogP contribution in [0.2, 0.25) is 0 Å². The fourth-order valence-corrected chi connectivity index (χ4v) is 3.76. The molecule has 0 unspecified atom stereocenters. The second kappa shape index (κ2) is 9.51. The first-order valence-electron chi connectivity index (χ1n) is 10.4. The molecule has 2 heterocycles. The van der Waals surface area contributed by atoms with Crippen molar-refractivity contribution in [1.29, 1.82) is 0 Å².